The average Bonchev–Trinajstić information content (AvgIpc) is 2.63. The molecule has 1 aromatic carbocycles. The highest BCUT2D eigenvalue weighted by atomic mass is 16.5. The van der Waals surface area contributed by atoms with E-state index in [1.165, 1.54) is 0 Å². The Labute approximate surface area is 138 Å². The van der Waals surface area contributed by atoms with Crippen molar-refractivity contribution in [1.29, 1.82) is 0 Å². The van der Waals surface area contributed by atoms with Gasteiger partial charge in [0, 0.05) is 32.7 Å². The summed E-state index contributed by atoms with van der Waals surface area (Å²) in [6, 6.07) is 8.17. The number of piperidine rings is 1. The summed E-state index contributed by atoms with van der Waals surface area (Å²) in [5, 5.41) is 3.34. The Hall–Kier alpha value is -1.75. The van der Waals surface area contributed by atoms with Gasteiger partial charge >= 0.3 is 0 Å². The third-order valence-electron chi connectivity index (χ3n) is 4.74. The van der Waals surface area contributed by atoms with Crippen LogP contribution in [0, 0.1) is 5.92 Å². The summed E-state index contributed by atoms with van der Waals surface area (Å²) in [7, 11) is 0. The van der Waals surface area contributed by atoms with Crippen LogP contribution >= 0.6 is 0 Å². The van der Waals surface area contributed by atoms with E-state index in [4.69, 9.17) is 4.74 Å². The number of carbonyl (C=O) groups is 1. The molecule has 5 heteroatoms. The normalized spacial score (nSPS) is 22.0. The number of rotatable bonds is 4. The van der Waals surface area contributed by atoms with Crippen LogP contribution in [-0.4, -0.2) is 56.7 Å². The number of hydrogen-bond donors (Lipinski definition) is 1. The van der Waals surface area contributed by atoms with Gasteiger partial charge in [-0.05, 0) is 38.4 Å². The van der Waals surface area contributed by atoms with Gasteiger partial charge in [0.1, 0.15) is 5.75 Å². The van der Waals surface area contributed by atoms with Gasteiger partial charge in [-0.1, -0.05) is 12.1 Å². The van der Waals surface area contributed by atoms with E-state index in [1.54, 1.807) is 0 Å². The molecule has 0 aromatic heterocycles. The first-order valence-corrected chi connectivity index (χ1v) is 8.76. The van der Waals surface area contributed by atoms with Gasteiger partial charge in [-0.25, -0.2) is 0 Å². The number of hydrogen-bond acceptors (Lipinski definition) is 4. The Kier molecular flexibility index (Phi) is 5.39. The molecule has 1 aromatic rings. The van der Waals surface area contributed by atoms with Gasteiger partial charge in [0.25, 0.3) is 0 Å². The maximum absolute atomic E-state index is 12.6. The largest absolute Gasteiger partial charge is 0.492 e. The smallest absolute Gasteiger partial charge is 0.227 e. The first kappa shape index (κ1) is 16.1. The zero-order valence-electron chi connectivity index (χ0n) is 14.0. The summed E-state index contributed by atoms with van der Waals surface area (Å²) < 4.78 is 5.73. The molecule has 0 saturated carbocycles. The van der Waals surface area contributed by atoms with Gasteiger partial charge < -0.3 is 19.9 Å². The lowest BCUT2D eigenvalue weighted by molar-refractivity contribution is -0.136. The molecule has 0 bridgehead atoms. The van der Waals surface area contributed by atoms with Gasteiger partial charge in [-0.3, -0.25) is 4.79 Å². The summed E-state index contributed by atoms with van der Waals surface area (Å²) in [4.78, 5) is 17.0. The van der Waals surface area contributed by atoms with Crippen LogP contribution in [0.5, 0.6) is 5.75 Å². The van der Waals surface area contributed by atoms with E-state index in [0.717, 1.165) is 63.5 Å². The standard InChI is InChI=1S/C18H27N3O2/c1-2-23-17-8-4-3-7-16(17)20-10-12-21(13-11-20)18(22)15-6-5-9-19-14-15/h3-4,7-8,15,19H,2,5-6,9-14H2,1H3. The fourth-order valence-electron chi connectivity index (χ4n) is 3.48. The summed E-state index contributed by atoms with van der Waals surface area (Å²) >= 11 is 0. The van der Waals surface area contributed by atoms with Crippen LogP contribution in [0.2, 0.25) is 0 Å². The highest BCUT2D eigenvalue weighted by Crippen LogP contribution is 2.29. The molecule has 1 unspecified atom stereocenters. The molecule has 126 valence electrons. The summed E-state index contributed by atoms with van der Waals surface area (Å²) in [5.41, 5.74) is 1.14. The molecule has 23 heavy (non-hydrogen) atoms. The van der Waals surface area contributed by atoms with Crippen molar-refractivity contribution in [2.24, 2.45) is 5.92 Å². The van der Waals surface area contributed by atoms with E-state index in [1.807, 2.05) is 30.0 Å². The lowest BCUT2D eigenvalue weighted by Crippen LogP contribution is -2.52. The SMILES string of the molecule is CCOc1ccccc1N1CCN(C(=O)C2CCCNC2)CC1. The van der Waals surface area contributed by atoms with Crippen LogP contribution in [0.15, 0.2) is 24.3 Å². The molecule has 2 aliphatic rings. The molecule has 2 aliphatic heterocycles. The lowest BCUT2D eigenvalue weighted by Gasteiger charge is -2.38. The molecule has 1 atom stereocenters. The maximum Gasteiger partial charge on any atom is 0.227 e. The molecule has 2 saturated heterocycles. The van der Waals surface area contributed by atoms with Crippen LogP contribution < -0.4 is 15.0 Å². The van der Waals surface area contributed by atoms with Crippen molar-refractivity contribution in [2.45, 2.75) is 19.8 Å². The van der Waals surface area contributed by atoms with Crippen LogP contribution in [-0.2, 0) is 4.79 Å². The summed E-state index contributed by atoms with van der Waals surface area (Å²) in [6.45, 7) is 7.91. The van der Waals surface area contributed by atoms with Gasteiger partial charge in [-0.2, -0.15) is 0 Å². The predicted octanol–water partition coefficient (Wildman–Crippen LogP) is 1.73. The van der Waals surface area contributed by atoms with Crippen molar-refractivity contribution in [3.05, 3.63) is 24.3 Å². The molecular weight excluding hydrogens is 290 g/mol. The second-order valence-corrected chi connectivity index (χ2v) is 6.26. The third kappa shape index (κ3) is 3.78. The molecule has 5 nitrogen and oxygen atoms in total. The van der Waals surface area contributed by atoms with Crippen molar-refractivity contribution < 1.29 is 9.53 Å². The van der Waals surface area contributed by atoms with Crippen molar-refractivity contribution in [1.82, 2.24) is 10.2 Å². The van der Waals surface area contributed by atoms with E-state index in [9.17, 15) is 4.79 Å². The van der Waals surface area contributed by atoms with Gasteiger partial charge in [-0.15, -0.1) is 0 Å². The molecule has 0 spiro atoms. The lowest BCUT2D eigenvalue weighted by atomic mass is 9.98. The minimum Gasteiger partial charge on any atom is -0.492 e. The van der Waals surface area contributed by atoms with Crippen molar-refractivity contribution in [2.75, 3.05) is 50.8 Å². The minimum absolute atomic E-state index is 0.172. The monoisotopic (exact) mass is 317 g/mol. The fraction of sp³-hybridized carbons (Fsp3) is 0.611. The zero-order valence-corrected chi connectivity index (χ0v) is 14.0. The Morgan fingerprint density at radius 3 is 2.74 bits per heavy atom. The van der Waals surface area contributed by atoms with Gasteiger partial charge in [0.2, 0.25) is 5.91 Å². The van der Waals surface area contributed by atoms with Crippen molar-refractivity contribution in [3.8, 4) is 5.75 Å². The van der Waals surface area contributed by atoms with Crippen molar-refractivity contribution >= 4 is 11.6 Å². The number of carbonyl (C=O) groups excluding carboxylic acids is 1. The number of piperazine rings is 1. The number of benzene rings is 1. The fourth-order valence-corrected chi connectivity index (χ4v) is 3.48. The topological polar surface area (TPSA) is 44.8 Å². The van der Waals surface area contributed by atoms with Crippen molar-refractivity contribution in [3.63, 3.8) is 0 Å². The van der Waals surface area contributed by atoms with E-state index in [2.05, 4.69) is 16.3 Å². The van der Waals surface area contributed by atoms with Crippen LogP contribution in [0.4, 0.5) is 5.69 Å². The second kappa shape index (κ2) is 7.68. The van der Waals surface area contributed by atoms with Gasteiger partial charge in [0.15, 0.2) is 0 Å². The highest BCUT2D eigenvalue weighted by molar-refractivity contribution is 5.79. The van der Waals surface area contributed by atoms with E-state index < -0.39 is 0 Å². The average molecular weight is 317 g/mol. The molecule has 1 amide bonds. The number of ether oxygens (including phenoxy) is 1. The molecule has 2 fully saturated rings. The Bertz CT molecular complexity index is 521. The molecule has 3 rings (SSSR count). The van der Waals surface area contributed by atoms with Crippen LogP contribution in [0.25, 0.3) is 0 Å². The molecule has 1 N–H and O–H groups in total. The minimum atomic E-state index is 0.172. The van der Waals surface area contributed by atoms with E-state index >= 15 is 0 Å². The van der Waals surface area contributed by atoms with Crippen LogP contribution in [0.1, 0.15) is 19.8 Å². The van der Waals surface area contributed by atoms with E-state index in [0.29, 0.717) is 12.5 Å². The molecular formula is C18H27N3O2. The second-order valence-electron chi connectivity index (χ2n) is 6.26. The van der Waals surface area contributed by atoms with Crippen LogP contribution in [0.3, 0.4) is 0 Å². The first-order chi connectivity index (χ1) is 11.3. The third-order valence-corrected chi connectivity index (χ3v) is 4.74. The van der Waals surface area contributed by atoms with Gasteiger partial charge in [0.05, 0.1) is 18.2 Å². The Morgan fingerprint density at radius 2 is 2.04 bits per heavy atom. The first-order valence-electron chi connectivity index (χ1n) is 8.76. The highest BCUT2D eigenvalue weighted by Gasteiger charge is 2.28. The number of para-hydroxylation sites is 2. The summed E-state index contributed by atoms with van der Waals surface area (Å²) in [5.74, 6) is 1.44. The quantitative estimate of drug-likeness (QED) is 0.919. The molecule has 0 aliphatic carbocycles. The molecule has 0 radical (unpaired) electrons. The Morgan fingerprint density at radius 1 is 1.26 bits per heavy atom. The zero-order chi connectivity index (χ0) is 16.1. The number of anilines is 1. The molecule has 2 heterocycles. The number of nitrogens with one attached hydrogen (secondary N) is 1. The maximum atomic E-state index is 12.6. The summed E-state index contributed by atoms with van der Waals surface area (Å²) in [6.07, 6.45) is 2.14. The predicted molar refractivity (Wildman–Crippen MR) is 92.0 cm³/mol. The Balaban J connectivity index is 1.59. The number of amides is 1. The van der Waals surface area contributed by atoms with E-state index in [-0.39, 0.29) is 5.92 Å². The number of nitrogens with zero attached hydrogens (tertiary/aromatic N) is 2.